The summed E-state index contributed by atoms with van der Waals surface area (Å²) in [7, 11) is 0. The summed E-state index contributed by atoms with van der Waals surface area (Å²) in [6, 6.07) is 7.77. The smallest absolute Gasteiger partial charge is 0.305 e. The number of carbonyl (C=O) groups is 2. The van der Waals surface area contributed by atoms with Crippen LogP contribution in [0.25, 0.3) is 5.69 Å². The summed E-state index contributed by atoms with van der Waals surface area (Å²) in [6.45, 7) is 8.37. The molecule has 0 radical (unpaired) electrons. The van der Waals surface area contributed by atoms with Crippen molar-refractivity contribution in [2.45, 2.75) is 34.1 Å². The first-order valence-corrected chi connectivity index (χ1v) is 8.30. The second-order valence-corrected chi connectivity index (χ2v) is 6.56. The first-order chi connectivity index (χ1) is 11.8. The first kappa shape index (κ1) is 18.6. The van der Waals surface area contributed by atoms with Crippen LogP contribution in [0.4, 0.5) is 0 Å². The van der Waals surface area contributed by atoms with Crippen LogP contribution >= 0.6 is 0 Å². The standard InChI is InChI=1S/C18H24N4O3/c1-12(2)11-21(9-8-16(23)24)18(25)17-14(4)22(20-19-17)15-7-5-6-13(3)10-15/h5-7,10,12H,8-9,11H2,1-4H3,(H,23,24). The van der Waals surface area contributed by atoms with Crippen molar-refractivity contribution < 1.29 is 14.7 Å². The van der Waals surface area contributed by atoms with Gasteiger partial charge in [0, 0.05) is 13.1 Å². The number of rotatable bonds is 7. The highest BCUT2D eigenvalue weighted by atomic mass is 16.4. The number of benzene rings is 1. The molecule has 0 aliphatic heterocycles. The minimum atomic E-state index is -0.929. The second-order valence-electron chi connectivity index (χ2n) is 6.56. The van der Waals surface area contributed by atoms with Crippen molar-refractivity contribution in [2.24, 2.45) is 5.92 Å². The van der Waals surface area contributed by atoms with Gasteiger partial charge in [0.1, 0.15) is 0 Å². The third kappa shape index (κ3) is 4.65. The van der Waals surface area contributed by atoms with E-state index in [0.29, 0.717) is 12.2 Å². The number of aliphatic carboxylic acids is 1. The van der Waals surface area contributed by atoms with Crippen LogP contribution in [0.1, 0.15) is 42.0 Å². The van der Waals surface area contributed by atoms with E-state index >= 15 is 0 Å². The minimum absolute atomic E-state index is 0.0937. The van der Waals surface area contributed by atoms with Gasteiger partial charge >= 0.3 is 5.97 Å². The van der Waals surface area contributed by atoms with Crippen molar-refractivity contribution >= 4 is 11.9 Å². The number of nitrogens with zero attached hydrogens (tertiary/aromatic N) is 4. The Morgan fingerprint density at radius 2 is 2.00 bits per heavy atom. The van der Waals surface area contributed by atoms with Crippen LogP contribution in [0.15, 0.2) is 24.3 Å². The van der Waals surface area contributed by atoms with Crippen molar-refractivity contribution in [1.82, 2.24) is 19.9 Å². The molecule has 7 nitrogen and oxygen atoms in total. The van der Waals surface area contributed by atoms with Gasteiger partial charge in [-0.1, -0.05) is 31.2 Å². The van der Waals surface area contributed by atoms with Crippen molar-refractivity contribution in [2.75, 3.05) is 13.1 Å². The molecule has 1 amide bonds. The Hall–Kier alpha value is -2.70. The number of hydrogen-bond donors (Lipinski definition) is 1. The fourth-order valence-corrected chi connectivity index (χ4v) is 2.63. The number of carbonyl (C=O) groups excluding carboxylic acids is 1. The van der Waals surface area contributed by atoms with Gasteiger partial charge in [0.05, 0.1) is 17.8 Å². The molecule has 25 heavy (non-hydrogen) atoms. The van der Waals surface area contributed by atoms with E-state index in [1.54, 1.807) is 11.6 Å². The summed E-state index contributed by atoms with van der Waals surface area (Å²) >= 11 is 0. The lowest BCUT2D eigenvalue weighted by Crippen LogP contribution is -2.36. The Labute approximate surface area is 147 Å². The number of carboxylic acids is 1. The van der Waals surface area contributed by atoms with Crippen molar-refractivity contribution in [3.05, 3.63) is 41.2 Å². The Balaban J connectivity index is 2.29. The summed E-state index contributed by atoms with van der Waals surface area (Å²) in [5.74, 6) is -0.988. The third-order valence-corrected chi connectivity index (χ3v) is 3.81. The second kappa shape index (κ2) is 7.92. The maximum atomic E-state index is 12.8. The summed E-state index contributed by atoms with van der Waals surface area (Å²) in [5.41, 5.74) is 2.82. The molecule has 1 N–H and O–H groups in total. The molecular weight excluding hydrogens is 320 g/mol. The number of aromatic nitrogens is 3. The van der Waals surface area contributed by atoms with E-state index < -0.39 is 5.97 Å². The Morgan fingerprint density at radius 3 is 2.60 bits per heavy atom. The molecule has 0 aliphatic carbocycles. The normalized spacial score (nSPS) is 10.9. The highest BCUT2D eigenvalue weighted by molar-refractivity contribution is 5.93. The topological polar surface area (TPSA) is 88.3 Å². The largest absolute Gasteiger partial charge is 0.481 e. The van der Waals surface area contributed by atoms with E-state index in [4.69, 9.17) is 5.11 Å². The molecule has 0 fully saturated rings. The number of amides is 1. The number of aryl methyl sites for hydroxylation is 1. The molecule has 7 heteroatoms. The fraction of sp³-hybridized carbons (Fsp3) is 0.444. The third-order valence-electron chi connectivity index (χ3n) is 3.81. The first-order valence-electron chi connectivity index (χ1n) is 8.30. The van der Waals surface area contributed by atoms with E-state index in [-0.39, 0.29) is 30.5 Å². The van der Waals surface area contributed by atoms with Crippen molar-refractivity contribution in [1.29, 1.82) is 0 Å². The highest BCUT2D eigenvalue weighted by Crippen LogP contribution is 2.16. The molecule has 134 valence electrons. The van der Waals surface area contributed by atoms with Crippen LogP contribution in [-0.4, -0.2) is 50.0 Å². The molecular formula is C18H24N4O3. The molecule has 0 saturated heterocycles. The molecule has 1 aromatic heterocycles. The average molecular weight is 344 g/mol. The van der Waals surface area contributed by atoms with Gasteiger partial charge in [-0.3, -0.25) is 9.59 Å². The molecule has 0 aliphatic rings. The van der Waals surface area contributed by atoms with Crippen LogP contribution in [-0.2, 0) is 4.79 Å². The lowest BCUT2D eigenvalue weighted by Gasteiger charge is -2.23. The van der Waals surface area contributed by atoms with Crippen LogP contribution < -0.4 is 0 Å². The molecule has 0 bridgehead atoms. The van der Waals surface area contributed by atoms with E-state index in [9.17, 15) is 9.59 Å². The minimum Gasteiger partial charge on any atom is -0.481 e. The SMILES string of the molecule is Cc1cccc(-n2nnc(C(=O)N(CCC(=O)O)CC(C)C)c2C)c1. The Kier molecular flexibility index (Phi) is 5.90. The lowest BCUT2D eigenvalue weighted by atomic mass is 10.1. The molecule has 0 unspecified atom stereocenters. The molecule has 1 aromatic carbocycles. The van der Waals surface area contributed by atoms with Gasteiger partial charge in [0.2, 0.25) is 0 Å². The maximum absolute atomic E-state index is 12.8. The molecule has 0 spiro atoms. The molecule has 2 rings (SSSR count). The summed E-state index contributed by atoms with van der Waals surface area (Å²) < 4.78 is 1.63. The zero-order valence-electron chi connectivity index (χ0n) is 15.1. The van der Waals surface area contributed by atoms with E-state index in [0.717, 1.165) is 11.3 Å². The Morgan fingerprint density at radius 1 is 1.28 bits per heavy atom. The van der Waals surface area contributed by atoms with E-state index in [1.807, 2.05) is 45.0 Å². The van der Waals surface area contributed by atoms with Gasteiger partial charge < -0.3 is 10.0 Å². The average Bonchev–Trinajstić information content (AvgIpc) is 2.92. The molecule has 0 saturated carbocycles. The van der Waals surface area contributed by atoms with Crippen molar-refractivity contribution in [3.63, 3.8) is 0 Å². The molecule has 1 heterocycles. The van der Waals surface area contributed by atoms with Gasteiger partial charge in [0.15, 0.2) is 5.69 Å². The molecule has 0 atom stereocenters. The fourth-order valence-electron chi connectivity index (χ4n) is 2.63. The van der Waals surface area contributed by atoms with Crippen LogP contribution in [0.5, 0.6) is 0 Å². The van der Waals surface area contributed by atoms with Gasteiger partial charge in [-0.15, -0.1) is 5.10 Å². The van der Waals surface area contributed by atoms with E-state index in [2.05, 4.69) is 10.3 Å². The maximum Gasteiger partial charge on any atom is 0.305 e. The van der Waals surface area contributed by atoms with Crippen LogP contribution in [0, 0.1) is 19.8 Å². The number of carboxylic acid groups (broad SMARTS) is 1. The highest BCUT2D eigenvalue weighted by Gasteiger charge is 2.24. The number of hydrogen-bond acceptors (Lipinski definition) is 4. The predicted octanol–water partition coefficient (Wildman–Crippen LogP) is 2.46. The zero-order chi connectivity index (χ0) is 18.6. The summed E-state index contributed by atoms with van der Waals surface area (Å²) in [5, 5.41) is 17.1. The summed E-state index contributed by atoms with van der Waals surface area (Å²) in [4.78, 5) is 25.2. The molecule has 2 aromatic rings. The van der Waals surface area contributed by atoms with E-state index in [1.165, 1.54) is 4.90 Å². The lowest BCUT2D eigenvalue weighted by molar-refractivity contribution is -0.137. The van der Waals surface area contributed by atoms with Gasteiger partial charge in [-0.05, 0) is 37.5 Å². The van der Waals surface area contributed by atoms with Crippen molar-refractivity contribution in [3.8, 4) is 5.69 Å². The summed E-state index contributed by atoms with van der Waals surface area (Å²) in [6.07, 6.45) is -0.0937. The zero-order valence-corrected chi connectivity index (χ0v) is 15.1. The monoisotopic (exact) mass is 344 g/mol. The predicted molar refractivity (Wildman–Crippen MR) is 93.8 cm³/mol. The van der Waals surface area contributed by atoms with Gasteiger partial charge in [-0.2, -0.15) is 0 Å². The van der Waals surface area contributed by atoms with Crippen LogP contribution in [0.2, 0.25) is 0 Å². The van der Waals surface area contributed by atoms with Gasteiger partial charge in [0.25, 0.3) is 5.91 Å². The van der Waals surface area contributed by atoms with Gasteiger partial charge in [-0.25, -0.2) is 4.68 Å². The van der Waals surface area contributed by atoms with Crippen LogP contribution in [0.3, 0.4) is 0 Å². The Bertz CT molecular complexity index is 767. The quantitative estimate of drug-likeness (QED) is 0.833.